The highest BCUT2D eigenvalue weighted by Gasteiger charge is 2.25. The van der Waals surface area contributed by atoms with Crippen LogP contribution >= 0.6 is 15.9 Å². The Hall–Kier alpha value is -0.780. The molecule has 2 rings (SSSR count). The molecule has 1 aliphatic heterocycles. The number of carbonyl (C=O) groups is 1. The van der Waals surface area contributed by atoms with Gasteiger partial charge >= 0.3 is 0 Å². The molecule has 0 N–H and O–H groups in total. The van der Waals surface area contributed by atoms with Crippen molar-refractivity contribution < 1.29 is 13.9 Å². The van der Waals surface area contributed by atoms with Gasteiger partial charge in [0.05, 0.1) is 6.61 Å². The van der Waals surface area contributed by atoms with Gasteiger partial charge in [-0.2, -0.15) is 0 Å². The summed E-state index contributed by atoms with van der Waals surface area (Å²) >= 11 is 3.23. The summed E-state index contributed by atoms with van der Waals surface area (Å²) in [5.41, 5.74) is 0.675. The van der Waals surface area contributed by atoms with Crippen molar-refractivity contribution in [1.29, 1.82) is 0 Å². The predicted octanol–water partition coefficient (Wildman–Crippen LogP) is 2.42. The molecular formula is C14H17BrFNO2. The van der Waals surface area contributed by atoms with E-state index in [1.165, 1.54) is 12.1 Å². The first-order valence-electron chi connectivity index (χ1n) is 6.40. The van der Waals surface area contributed by atoms with Gasteiger partial charge in [0, 0.05) is 24.0 Å². The van der Waals surface area contributed by atoms with Crippen LogP contribution in [0.15, 0.2) is 22.7 Å². The Kier molecular flexibility index (Phi) is 5.07. The molecule has 1 aliphatic rings. The van der Waals surface area contributed by atoms with Gasteiger partial charge in [0.1, 0.15) is 11.9 Å². The fourth-order valence-corrected chi connectivity index (χ4v) is 2.73. The lowest BCUT2D eigenvalue weighted by atomic mass is 10.0. The van der Waals surface area contributed by atoms with Crippen LogP contribution in [0.25, 0.3) is 0 Å². The van der Waals surface area contributed by atoms with E-state index in [-0.39, 0.29) is 18.0 Å². The molecule has 0 bridgehead atoms. The lowest BCUT2D eigenvalue weighted by molar-refractivity contribution is -0.135. The number of carbonyl (C=O) groups excluding carboxylic acids is 1. The Morgan fingerprint density at radius 1 is 1.53 bits per heavy atom. The zero-order valence-electron chi connectivity index (χ0n) is 10.9. The van der Waals surface area contributed by atoms with Gasteiger partial charge < -0.3 is 4.74 Å². The van der Waals surface area contributed by atoms with Crippen LogP contribution in [-0.4, -0.2) is 43.0 Å². The molecule has 0 radical (unpaired) electrons. The highest BCUT2D eigenvalue weighted by atomic mass is 79.9. The topological polar surface area (TPSA) is 29.5 Å². The van der Waals surface area contributed by atoms with Crippen LogP contribution in [0.5, 0.6) is 0 Å². The standard InChI is InChI=1S/C14H17BrFNO2/c1-2-17-3-4-19-14(9-17)13(18)7-10-5-11(15)8-12(16)6-10/h5-6,8,14H,2-4,7,9H2,1H3. The minimum absolute atomic E-state index is 0.00986. The molecule has 0 spiro atoms. The van der Waals surface area contributed by atoms with Crippen LogP contribution in [0, 0.1) is 5.82 Å². The Balaban J connectivity index is 2.00. The van der Waals surface area contributed by atoms with Crippen LogP contribution in [-0.2, 0) is 16.0 Å². The van der Waals surface area contributed by atoms with Crippen LogP contribution in [0.1, 0.15) is 12.5 Å². The van der Waals surface area contributed by atoms with Gasteiger partial charge in [-0.1, -0.05) is 22.9 Å². The summed E-state index contributed by atoms with van der Waals surface area (Å²) in [7, 11) is 0. The van der Waals surface area contributed by atoms with Gasteiger partial charge in [0.15, 0.2) is 5.78 Å². The number of benzene rings is 1. The van der Waals surface area contributed by atoms with E-state index in [1.54, 1.807) is 6.07 Å². The molecule has 104 valence electrons. The van der Waals surface area contributed by atoms with Gasteiger partial charge in [-0.05, 0) is 30.3 Å². The summed E-state index contributed by atoms with van der Waals surface area (Å²) < 4.78 is 19.4. The molecule has 3 nitrogen and oxygen atoms in total. The molecule has 0 saturated carbocycles. The first-order chi connectivity index (χ1) is 9.08. The molecule has 19 heavy (non-hydrogen) atoms. The maximum absolute atomic E-state index is 13.3. The second-order valence-electron chi connectivity index (χ2n) is 4.67. The molecule has 0 aromatic heterocycles. The zero-order valence-corrected chi connectivity index (χ0v) is 12.5. The van der Waals surface area contributed by atoms with E-state index in [9.17, 15) is 9.18 Å². The third kappa shape index (κ3) is 4.09. The van der Waals surface area contributed by atoms with Gasteiger partial charge in [-0.15, -0.1) is 0 Å². The van der Waals surface area contributed by atoms with Crippen molar-refractivity contribution >= 4 is 21.7 Å². The second kappa shape index (κ2) is 6.59. The molecule has 5 heteroatoms. The third-order valence-corrected chi connectivity index (χ3v) is 3.72. The molecule has 1 atom stereocenters. The lowest BCUT2D eigenvalue weighted by Crippen LogP contribution is -2.46. The fourth-order valence-electron chi connectivity index (χ4n) is 2.21. The number of likely N-dealkylation sites (N-methyl/N-ethyl adjacent to an activating group) is 1. The summed E-state index contributed by atoms with van der Waals surface area (Å²) in [4.78, 5) is 14.4. The van der Waals surface area contributed by atoms with Gasteiger partial charge in [-0.25, -0.2) is 4.39 Å². The number of ether oxygens (including phenoxy) is 1. The monoisotopic (exact) mass is 329 g/mol. The largest absolute Gasteiger partial charge is 0.368 e. The highest BCUT2D eigenvalue weighted by Crippen LogP contribution is 2.17. The summed E-state index contributed by atoms with van der Waals surface area (Å²) in [5, 5.41) is 0. The smallest absolute Gasteiger partial charge is 0.167 e. The molecule has 1 fully saturated rings. The Morgan fingerprint density at radius 3 is 3.00 bits per heavy atom. The number of Topliss-reactive ketones (excluding diaryl/α,β-unsaturated/α-hetero) is 1. The number of ketones is 1. The number of nitrogens with zero attached hydrogens (tertiary/aromatic N) is 1. The van der Waals surface area contributed by atoms with Crippen LogP contribution in [0.2, 0.25) is 0 Å². The average Bonchev–Trinajstić information content (AvgIpc) is 2.37. The molecule has 0 aliphatic carbocycles. The molecule has 1 unspecified atom stereocenters. The quantitative estimate of drug-likeness (QED) is 0.849. The number of hydrogen-bond acceptors (Lipinski definition) is 3. The van der Waals surface area contributed by atoms with Gasteiger partial charge in [0.25, 0.3) is 0 Å². The van der Waals surface area contributed by atoms with Crippen molar-refractivity contribution in [1.82, 2.24) is 4.90 Å². The first-order valence-corrected chi connectivity index (χ1v) is 7.19. The van der Waals surface area contributed by atoms with E-state index in [2.05, 4.69) is 27.8 Å². The number of hydrogen-bond donors (Lipinski definition) is 0. The average molecular weight is 330 g/mol. The van der Waals surface area contributed by atoms with E-state index in [0.29, 0.717) is 23.2 Å². The predicted molar refractivity (Wildman–Crippen MR) is 74.7 cm³/mol. The first kappa shape index (κ1) is 14.6. The molecule has 1 saturated heterocycles. The second-order valence-corrected chi connectivity index (χ2v) is 5.59. The molecule has 0 amide bonds. The van der Waals surface area contributed by atoms with Crippen LogP contribution in [0.4, 0.5) is 4.39 Å². The van der Waals surface area contributed by atoms with Gasteiger partial charge in [-0.3, -0.25) is 9.69 Å². The van der Waals surface area contributed by atoms with E-state index in [0.717, 1.165) is 13.1 Å². The SMILES string of the molecule is CCN1CCOC(C(=O)Cc2cc(F)cc(Br)c2)C1. The van der Waals surface area contributed by atoms with E-state index in [1.807, 2.05) is 0 Å². The molecule has 1 heterocycles. The minimum atomic E-state index is -0.393. The van der Waals surface area contributed by atoms with Crippen molar-refractivity contribution in [2.24, 2.45) is 0 Å². The Morgan fingerprint density at radius 2 is 2.32 bits per heavy atom. The zero-order chi connectivity index (χ0) is 13.8. The summed E-state index contributed by atoms with van der Waals surface area (Å²) in [5.74, 6) is -0.326. The molecular weight excluding hydrogens is 313 g/mol. The number of rotatable bonds is 4. The Bertz CT molecular complexity index is 447. The maximum Gasteiger partial charge on any atom is 0.167 e. The van der Waals surface area contributed by atoms with E-state index < -0.39 is 6.10 Å². The minimum Gasteiger partial charge on any atom is -0.368 e. The van der Waals surface area contributed by atoms with Crippen molar-refractivity contribution in [3.8, 4) is 0 Å². The molecule has 1 aromatic rings. The van der Waals surface area contributed by atoms with Crippen molar-refractivity contribution in [2.75, 3.05) is 26.2 Å². The van der Waals surface area contributed by atoms with E-state index in [4.69, 9.17) is 4.74 Å². The molecule has 1 aromatic carbocycles. The van der Waals surface area contributed by atoms with Crippen molar-refractivity contribution in [3.05, 3.63) is 34.1 Å². The summed E-state index contributed by atoms with van der Waals surface area (Å²) in [6.07, 6.45) is -0.186. The van der Waals surface area contributed by atoms with Crippen LogP contribution < -0.4 is 0 Å². The lowest BCUT2D eigenvalue weighted by Gasteiger charge is -2.31. The number of morpholine rings is 1. The number of halogens is 2. The van der Waals surface area contributed by atoms with Crippen molar-refractivity contribution in [2.45, 2.75) is 19.4 Å². The maximum atomic E-state index is 13.3. The van der Waals surface area contributed by atoms with Gasteiger partial charge in [0.2, 0.25) is 0 Å². The fraction of sp³-hybridized carbons (Fsp3) is 0.500. The highest BCUT2D eigenvalue weighted by molar-refractivity contribution is 9.10. The van der Waals surface area contributed by atoms with Crippen LogP contribution in [0.3, 0.4) is 0 Å². The Labute approximate surface area is 120 Å². The summed E-state index contributed by atoms with van der Waals surface area (Å²) in [6.45, 7) is 5.06. The van der Waals surface area contributed by atoms with Crippen molar-refractivity contribution in [3.63, 3.8) is 0 Å². The van der Waals surface area contributed by atoms with E-state index >= 15 is 0 Å². The summed E-state index contributed by atoms with van der Waals surface area (Å²) in [6, 6.07) is 4.54. The third-order valence-electron chi connectivity index (χ3n) is 3.26. The normalized spacial score (nSPS) is 20.5.